The van der Waals surface area contributed by atoms with Crippen molar-refractivity contribution in [1.82, 2.24) is 14.6 Å². The third kappa shape index (κ3) is 3.39. The van der Waals surface area contributed by atoms with E-state index in [1.54, 1.807) is 18.2 Å². The Bertz CT molecular complexity index is 1260. The molecule has 0 bridgehead atoms. The van der Waals surface area contributed by atoms with Gasteiger partial charge in [0, 0.05) is 32.3 Å². The summed E-state index contributed by atoms with van der Waals surface area (Å²) in [5.74, 6) is 0.558. The third-order valence-electron chi connectivity index (χ3n) is 4.09. The van der Waals surface area contributed by atoms with Crippen molar-refractivity contribution in [3.05, 3.63) is 84.9 Å². The monoisotopic (exact) mass is 380 g/mol. The van der Waals surface area contributed by atoms with Crippen LogP contribution >= 0.6 is 11.3 Å². The molecule has 4 aromatic rings. The number of rotatable bonds is 4. The molecule has 8 heteroatoms. The SMILES string of the molecule is CN(C)c1ccc(Cc2nn3c(=O)/c(=C/c4ccco4)sc3nc2=O)cc1. The van der Waals surface area contributed by atoms with Gasteiger partial charge in [-0.15, -0.1) is 0 Å². The van der Waals surface area contributed by atoms with Crippen LogP contribution in [0.1, 0.15) is 17.0 Å². The van der Waals surface area contributed by atoms with Gasteiger partial charge < -0.3 is 9.32 Å². The highest BCUT2D eigenvalue weighted by Gasteiger charge is 2.12. The molecule has 3 heterocycles. The number of hydrogen-bond acceptors (Lipinski definition) is 7. The fourth-order valence-corrected chi connectivity index (χ4v) is 3.54. The number of aromatic nitrogens is 3. The zero-order valence-corrected chi connectivity index (χ0v) is 15.6. The minimum absolute atomic E-state index is 0.240. The smallest absolute Gasteiger partial charge is 0.296 e. The number of fused-ring (bicyclic) bond motifs is 1. The maximum atomic E-state index is 12.6. The summed E-state index contributed by atoms with van der Waals surface area (Å²) < 4.78 is 6.84. The molecule has 0 aliphatic heterocycles. The van der Waals surface area contributed by atoms with Gasteiger partial charge in [-0.2, -0.15) is 14.6 Å². The van der Waals surface area contributed by atoms with E-state index < -0.39 is 5.56 Å². The highest BCUT2D eigenvalue weighted by molar-refractivity contribution is 7.15. The lowest BCUT2D eigenvalue weighted by Crippen LogP contribution is -2.28. The normalized spacial score (nSPS) is 12.0. The number of hydrogen-bond donors (Lipinski definition) is 0. The van der Waals surface area contributed by atoms with Gasteiger partial charge in [0.05, 0.1) is 6.26 Å². The van der Waals surface area contributed by atoms with Crippen molar-refractivity contribution < 1.29 is 4.42 Å². The summed E-state index contributed by atoms with van der Waals surface area (Å²) in [5, 5.41) is 4.26. The van der Waals surface area contributed by atoms with Crippen LogP contribution in [0.4, 0.5) is 5.69 Å². The molecule has 0 radical (unpaired) electrons. The first-order valence-electron chi connectivity index (χ1n) is 8.25. The second-order valence-corrected chi connectivity index (χ2v) is 7.24. The Labute approximate surface area is 157 Å². The Kier molecular flexibility index (Phi) is 4.33. The molecule has 7 nitrogen and oxygen atoms in total. The number of nitrogens with zero attached hydrogens (tertiary/aromatic N) is 4. The van der Waals surface area contributed by atoms with Gasteiger partial charge in [-0.1, -0.05) is 23.5 Å². The van der Waals surface area contributed by atoms with E-state index in [-0.39, 0.29) is 16.2 Å². The van der Waals surface area contributed by atoms with E-state index in [0.717, 1.165) is 22.6 Å². The van der Waals surface area contributed by atoms with E-state index in [2.05, 4.69) is 10.1 Å². The molecule has 0 fully saturated rings. The lowest BCUT2D eigenvalue weighted by molar-refractivity contribution is 0.556. The van der Waals surface area contributed by atoms with Crippen LogP contribution in [0.2, 0.25) is 0 Å². The van der Waals surface area contributed by atoms with Gasteiger partial charge in [0.1, 0.15) is 16.0 Å². The highest BCUT2D eigenvalue weighted by atomic mass is 32.1. The van der Waals surface area contributed by atoms with E-state index in [4.69, 9.17) is 4.42 Å². The molecular weight excluding hydrogens is 364 g/mol. The first-order valence-corrected chi connectivity index (χ1v) is 9.07. The van der Waals surface area contributed by atoms with Crippen molar-refractivity contribution >= 4 is 28.1 Å². The van der Waals surface area contributed by atoms with Crippen molar-refractivity contribution in [3.8, 4) is 0 Å². The van der Waals surface area contributed by atoms with Crippen LogP contribution in [0.3, 0.4) is 0 Å². The lowest BCUT2D eigenvalue weighted by atomic mass is 10.1. The van der Waals surface area contributed by atoms with Crippen molar-refractivity contribution in [1.29, 1.82) is 0 Å². The fraction of sp³-hybridized carbons (Fsp3) is 0.158. The summed E-state index contributed by atoms with van der Waals surface area (Å²) in [6.45, 7) is 0. The highest BCUT2D eigenvalue weighted by Crippen LogP contribution is 2.13. The molecule has 0 atom stereocenters. The summed E-state index contributed by atoms with van der Waals surface area (Å²) in [4.78, 5) is 31.2. The Hall–Kier alpha value is -3.26. The largest absolute Gasteiger partial charge is 0.465 e. The van der Waals surface area contributed by atoms with E-state index in [9.17, 15) is 9.59 Å². The average Bonchev–Trinajstić information content (AvgIpc) is 3.25. The summed E-state index contributed by atoms with van der Waals surface area (Å²) in [5.41, 5.74) is 1.50. The standard InChI is InChI=1S/C19H16N4O3S/c1-22(2)13-7-5-12(6-8-13)10-15-17(24)20-19-23(21-15)18(25)16(27-19)11-14-4-3-9-26-14/h3-9,11H,10H2,1-2H3/b16-11-. The quantitative estimate of drug-likeness (QED) is 0.531. The Morgan fingerprint density at radius 3 is 2.63 bits per heavy atom. The topological polar surface area (TPSA) is 80.7 Å². The molecule has 3 aromatic heterocycles. The second-order valence-electron chi connectivity index (χ2n) is 6.23. The van der Waals surface area contributed by atoms with E-state index in [0.29, 0.717) is 16.7 Å². The van der Waals surface area contributed by atoms with E-state index in [1.165, 1.54) is 10.8 Å². The van der Waals surface area contributed by atoms with E-state index in [1.807, 2.05) is 43.3 Å². The van der Waals surface area contributed by atoms with Crippen LogP contribution in [0.15, 0.2) is 56.7 Å². The number of benzene rings is 1. The fourth-order valence-electron chi connectivity index (χ4n) is 2.66. The first kappa shape index (κ1) is 17.2. The molecule has 0 amide bonds. The van der Waals surface area contributed by atoms with E-state index >= 15 is 0 Å². The number of anilines is 1. The van der Waals surface area contributed by atoms with Gasteiger partial charge in [0.2, 0.25) is 4.96 Å². The van der Waals surface area contributed by atoms with Gasteiger partial charge in [-0.3, -0.25) is 9.59 Å². The van der Waals surface area contributed by atoms with Crippen LogP contribution in [0, 0.1) is 0 Å². The molecule has 4 rings (SSSR count). The molecule has 0 N–H and O–H groups in total. The lowest BCUT2D eigenvalue weighted by Gasteiger charge is -2.12. The average molecular weight is 380 g/mol. The minimum Gasteiger partial charge on any atom is -0.465 e. The predicted octanol–water partition coefficient (Wildman–Crippen LogP) is 1.31. The van der Waals surface area contributed by atoms with Gasteiger partial charge in [-0.05, 0) is 29.8 Å². The van der Waals surface area contributed by atoms with Gasteiger partial charge in [0.25, 0.3) is 11.1 Å². The molecule has 0 aliphatic carbocycles. The molecule has 1 aromatic carbocycles. The summed E-state index contributed by atoms with van der Waals surface area (Å²) in [6.07, 6.45) is 3.46. The van der Waals surface area contributed by atoms with Gasteiger partial charge in [-0.25, -0.2) is 0 Å². The number of thiazole rings is 1. The minimum atomic E-state index is -0.419. The maximum absolute atomic E-state index is 12.6. The van der Waals surface area contributed by atoms with Crippen LogP contribution in [-0.2, 0) is 6.42 Å². The van der Waals surface area contributed by atoms with Crippen LogP contribution in [0.5, 0.6) is 0 Å². The molecule has 0 saturated carbocycles. The van der Waals surface area contributed by atoms with Crippen molar-refractivity contribution in [2.75, 3.05) is 19.0 Å². The molecule has 0 spiro atoms. The Balaban J connectivity index is 1.74. The molecule has 136 valence electrons. The summed E-state index contributed by atoms with van der Waals surface area (Å²) in [6, 6.07) is 11.3. The summed E-state index contributed by atoms with van der Waals surface area (Å²) >= 11 is 1.11. The zero-order valence-electron chi connectivity index (χ0n) is 14.7. The first-order chi connectivity index (χ1) is 13.0. The van der Waals surface area contributed by atoms with Crippen molar-refractivity contribution in [3.63, 3.8) is 0 Å². The van der Waals surface area contributed by atoms with Crippen LogP contribution in [-0.4, -0.2) is 28.7 Å². The van der Waals surface area contributed by atoms with Crippen LogP contribution < -0.4 is 20.6 Å². The Morgan fingerprint density at radius 1 is 1.19 bits per heavy atom. The third-order valence-corrected chi connectivity index (χ3v) is 5.05. The summed E-state index contributed by atoms with van der Waals surface area (Å²) in [7, 11) is 3.93. The molecule has 27 heavy (non-hydrogen) atoms. The van der Waals surface area contributed by atoms with Crippen molar-refractivity contribution in [2.45, 2.75) is 6.42 Å². The second kappa shape index (κ2) is 6.81. The molecule has 0 saturated heterocycles. The molecule has 0 unspecified atom stereocenters. The van der Waals surface area contributed by atoms with Gasteiger partial charge in [0.15, 0.2) is 0 Å². The molecular formula is C19H16N4O3S. The predicted molar refractivity (Wildman–Crippen MR) is 104 cm³/mol. The van der Waals surface area contributed by atoms with Crippen molar-refractivity contribution in [2.24, 2.45) is 0 Å². The Morgan fingerprint density at radius 2 is 1.96 bits per heavy atom. The molecule has 0 aliphatic rings. The van der Waals surface area contributed by atoms with Crippen LogP contribution in [0.25, 0.3) is 11.0 Å². The maximum Gasteiger partial charge on any atom is 0.296 e. The van der Waals surface area contributed by atoms with Gasteiger partial charge >= 0.3 is 0 Å². The zero-order chi connectivity index (χ0) is 19.0. The number of furan rings is 1.